The van der Waals surface area contributed by atoms with Crippen molar-refractivity contribution in [2.75, 3.05) is 6.54 Å². The summed E-state index contributed by atoms with van der Waals surface area (Å²) in [6.07, 6.45) is -2.61. The molecule has 0 saturated heterocycles. The summed E-state index contributed by atoms with van der Waals surface area (Å²) in [5, 5.41) is 2.78. The van der Waals surface area contributed by atoms with E-state index in [9.17, 15) is 18.0 Å². The third-order valence-corrected chi connectivity index (χ3v) is 4.39. The van der Waals surface area contributed by atoms with Gasteiger partial charge in [0.05, 0.1) is 23.2 Å². The van der Waals surface area contributed by atoms with Crippen LogP contribution in [0.15, 0.2) is 29.8 Å². The first kappa shape index (κ1) is 17.5. The fourth-order valence-corrected chi connectivity index (χ4v) is 2.93. The first-order chi connectivity index (χ1) is 10.9. The number of hydrogen-bond donors (Lipinski definition) is 1. The number of nitrogens with zero attached hydrogens (tertiary/aromatic N) is 1. The van der Waals surface area contributed by atoms with Crippen LogP contribution in [0.25, 0.3) is 0 Å². The average molecular weight is 342 g/mol. The number of benzene rings is 1. The standard InChI is InChI=1S/C16H17F3N2OS/c1-11-14(23-10-21-11)3-2-8-20-15(22)9-12-4-6-13(7-5-12)16(17,18)19/h4-7,10H,2-3,8-9H2,1H3,(H,20,22). The van der Waals surface area contributed by atoms with Crippen molar-refractivity contribution in [1.29, 1.82) is 0 Å². The summed E-state index contributed by atoms with van der Waals surface area (Å²) in [6, 6.07) is 4.66. The molecule has 0 saturated carbocycles. The molecule has 1 N–H and O–H groups in total. The molecular formula is C16H17F3N2OS. The molecule has 124 valence electrons. The van der Waals surface area contributed by atoms with E-state index in [-0.39, 0.29) is 12.3 Å². The predicted molar refractivity (Wildman–Crippen MR) is 83.3 cm³/mol. The lowest BCUT2D eigenvalue weighted by Gasteiger charge is -2.08. The van der Waals surface area contributed by atoms with Crippen molar-refractivity contribution in [1.82, 2.24) is 10.3 Å². The molecular weight excluding hydrogens is 325 g/mol. The van der Waals surface area contributed by atoms with E-state index in [0.717, 1.165) is 30.7 Å². The number of aryl methyl sites for hydroxylation is 2. The maximum atomic E-state index is 12.4. The average Bonchev–Trinajstić information content (AvgIpc) is 2.89. The first-order valence-corrected chi connectivity index (χ1v) is 8.06. The fourth-order valence-electron chi connectivity index (χ4n) is 2.10. The molecule has 0 fully saturated rings. The smallest absolute Gasteiger partial charge is 0.356 e. The van der Waals surface area contributed by atoms with Crippen LogP contribution in [0.5, 0.6) is 0 Å². The quantitative estimate of drug-likeness (QED) is 0.812. The van der Waals surface area contributed by atoms with Gasteiger partial charge in [-0.2, -0.15) is 13.2 Å². The zero-order valence-electron chi connectivity index (χ0n) is 12.6. The maximum absolute atomic E-state index is 12.4. The molecule has 0 unspecified atom stereocenters. The Hall–Kier alpha value is -1.89. The van der Waals surface area contributed by atoms with Gasteiger partial charge in [0, 0.05) is 11.4 Å². The second-order valence-corrected chi connectivity index (χ2v) is 6.13. The molecule has 1 aromatic heterocycles. The summed E-state index contributed by atoms with van der Waals surface area (Å²) in [4.78, 5) is 17.2. The summed E-state index contributed by atoms with van der Waals surface area (Å²) < 4.78 is 37.3. The van der Waals surface area contributed by atoms with Crippen LogP contribution in [0.2, 0.25) is 0 Å². The zero-order valence-corrected chi connectivity index (χ0v) is 13.4. The van der Waals surface area contributed by atoms with Gasteiger partial charge < -0.3 is 5.32 Å². The van der Waals surface area contributed by atoms with Crippen molar-refractivity contribution in [3.63, 3.8) is 0 Å². The van der Waals surface area contributed by atoms with Gasteiger partial charge in [-0.15, -0.1) is 11.3 Å². The van der Waals surface area contributed by atoms with Gasteiger partial charge in [-0.1, -0.05) is 12.1 Å². The molecule has 0 radical (unpaired) electrons. The summed E-state index contributed by atoms with van der Waals surface area (Å²) in [5.74, 6) is -0.189. The minimum absolute atomic E-state index is 0.0811. The molecule has 3 nitrogen and oxygen atoms in total. The Morgan fingerprint density at radius 2 is 1.96 bits per heavy atom. The van der Waals surface area contributed by atoms with Crippen LogP contribution in [-0.2, 0) is 23.8 Å². The second-order valence-electron chi connectivity index (χ2n) is 5.19. The number of thiazole rings is 1. The molecule has 1 amide bonds. The monoisotopic (exact) mass is 342 g/mol. The fraction of sp³-hybridized carbons (Fsp3) is 0.375. The minimum Gasteiger partial charge on any atom is -0.356 e. The van der Waals surface area contributed by atoms with Gasteiger partial charge in [-0.3, -0.25) is 4.79 Å². The van der Waals surface area contributed by atoms with Gasteiger partial charge in [-0.25, -0.2) is 4.98 Å². The van der Waals surface area contributed by atoms with Gasteiger partial charge in [0.25, 0.3) is 0 Å². The Morgan fingerprint density at radius 1 is 1.26 bits per heavy atom. The predicted octanol–water partition coefficient (Wildman–Crippen LogP) is 3.76. The number of amides is 1. The normalized spacial score (nSPS) is 11.5. The van der Waals surface area contributed by atoms with Crippen LogP contribution < -0.4 is 5.32 Å². The third kappa shape index (κ3) is 5.35. The van der Waals surface area contributed by atoms with Crippen LogP contribution in [0.4, 0.5) is 13.2 Å². The largest absolute Gasteiger partial charge is 0.416 e. The Balaban J connectivity index is 1.73. The van der Waals surface area contributed by atoms with Gasteiger partial charge in [0.1, 0.15) is 0 Å². The van der Waals surface area contributed by atoms with E-state index in [1.54, 1.807) is 16.8 Å². The van der Waals surface area contributed by atoms with Crippen molar-refractivity contribution in [3.05, 3.63) is 51.5 Å². The number of aromatic nitrogens is 1. The molecule has 0 atom stereocenters. The lowest BCUT2D eigenvalue weighted by molar-refractivity contribution is -0.137. The molecule has 0 bridgehead atoms. The van der Waals surface area contributed by atoms with Crippen molar-refractivity contribution in [3.8, 4) is 0 Å². The number of nitrogens with one attached hydrogen (secondary N) is 1. The van der Waals surface area contributed by atoms with Crippen LogP contribution in [0.3, 0.4) is 0 Å². The number of carbonyl (C=O) groups excluding carboxylic acids is 1. The van der Waals surface area contributed by atoms with Crippen LogP contribution >= 0.6 is 11.3 Å². The molecule has 2 aromatic rings. The van der Waals surface area contributed by atoms with Gasteiger partial charge in [0.2, 0.25) is 5.91 Å². The van der Waals surface area contributed by atoms with Crippen molar-refractivity contribution >= 4 is 17.2 Å². The number of rotatable bonds is 6. The van der Waals surface area contributed by atoms with Crippen molar-refractivity contribution < 1.29 is 18.0 Å². The topological polar surface area (TPSA) is 42.0 Å². The molecule has 2 rings (SSSR count). The summed E-state index contributed by atoms with van der Waals surface area (Å²) >= 11 is 1.60. The number of carbonyl (C=O) groups is 1. The van der Waals surface area contributed by atoms with Crippen LogP contribution in [-0.4, -0.2) is 17.4 Å². The van der Waals surface area contributed by atoms with E-state index in [1.165, 1.54) is 17.0 Å². The molecule has 0 aliphatic rings. The minimum atomic E-state index is -4.35. The highest BCUT2D eigenvalue weighted by atomic mass is 32.1. The van der Waals surface area contributed by atoms with Crippen LogP contribution in [0.1, 0.15) is 28.1 Å². The first-order valence-electron chi connectivity index (χ1n) is 7.18. The van der Waals surface area contributed by atoms with Crippen LogP contribution in [0, 0.1) is 6.92 Å². The van der Waals surface area contributed by atoms with Gasteiger partial charge in [0.15, 0.2) is 0 Å². The zero-order chi connectivity index (χ0) is 16.9. The lowest BCUT2D eigenvalue weighted by atomic mass is 10.1. The highest BCUT2D eigenvalue weighted by Crippen LogP contribution is 2.29. The molecule has 23 heavy (non-hydrogen) atoms. The Morgan fingerprint density at radius 3 is 2.52 bits per heavy atom. The molecule has 1 heterocycles. The number of alkyl halides is 3. The summed E-state index contributed by atoms with van der Waals surface area (Å²) in [6.45, 7) is 2.49. The highest BCUT2D eigenvalue weighted by molar-refractivity contribution is 7.09. The Kier molecular flexibility index (Phi) is 5.76. The summed E-state index contributed by atoms with van der Waals surface area (Å²) in [5.41, 5.74) is 2.68. The molecule has 7 heteroatoms. The van der Waals surface area contributed by atoms with Crippen molar-refractivity contribution in [2.24, 2.45) is 0 Å². The number of hydrogen-bond acceptors (Lipinski definition) is 3. The molecule has 0 spiro atoms. The van der Waals surface area contributed by atoms with Gasteiger partial charge >= 0.3 is 6.18 Å². The highest BCUT2D eigenvalue weighted by Gasteiger charge is 2.29. The second kappa shape index (κ2) is 7.59. The van der Waals surface area contributed by atoms with E-state index in [0.29, 0.717) is 12.1 Å². The van der Waals surface area contributed by atoms with Gasteiger partial charge in [-0.05, 0) is 37.5 Å². The maximum Gasteiger partial charge on any atom is 0.416 e. The van der Waals surface area contributed by atoms with E-state index in [4.69, 9.17) is 0 Å². The van der Waals surface area contributed by atoms with Crippen molar-refractivity contribution in [2.45, 2.75) is 32.4 Å². The molecule has 1 aromatic carbocycles. The van der Waals surface area contributed by atoms with E-state index >= 15 is 0 Å². The van der Waals surface area contributed by atoms with E-state index in [1.807, 2.05) is 6.92 Å². The van der Waals surface area contributed by atoms with E-state index < -0.39 is 11.7 Å². The van der Waals surface area contributed by atoms with E-state index in [2.05, 4.69) is 10.3 Å². The lowest BCUT2D eigenvalue weighted by Crippen LogP contribution is -2.26. The Labute approximate surface area is 136 Å². The third-order valence-electron chi connectivity index (χ3n) is 3.39. The SMILES string of the molecule is Cc1ncsc1CCCNC(=O)Cc1ccc(C(F)(F)F)cc1. The number of halogens is 3. The Bertz CT molecular complexity index is 650. The molecule has 0 aliphatic carbocycles. The molecule has 0 aliphatic heterocycles. The summed E-state index contributed by atoms with van der Waals surface area (Å²) in [7, 11) is 0.